The minimum Gasteiger partial charge on any atom is -0.479 e. The smallest absolute Gasteiger partial charge is 0.331 e. The first-order valence-corrected chi connectivity index (χ1v) is 5.99. The van der Waals surface area contributed by atoms with Gasteiger partial charge in [0.05, 0.1) is 0 Å². The molecule has 2 fully saturated rings. The van der Waals surface area contributed by atoms with E-state index in [0.717, 1.165) is 18.7 Å². The lowest BCUT2D eigenvalue weighted by atomic mass is 9.76. The molecule has 1 N–H and O–H groups in total. The van der Waals surface area contributed by atoms with Crippen LogP contribution in [0.5, 0.6) is 0 Å². The number of hydrogen-bond donors (Lipinski definition) is 1. The summed E-state index contributed by atoms with van der Waals surface area (Å²) in [7, 11) is 0. The first-order valence-electron chi connectivity index (χ1n) is 5.99. The highest BCUT2D eigenvalue weighted by molar-refractivity contribution is 5.77. The van der Waals surface area contributed by atoms with Crippen molar-refractivity contribution in [3.05, 3.63) is 5.82 Å². The van der Waals surface area contributed by atoms with Crippen molar-refractivity contribution in [2.75, 3.05) is 0 Å². The number of hydrogen-bond acceptors (Lipinski definition) is 4. The van der Waals surface area contributed by atoms with Crippen molar-refractivity contribution in [3.8, 4) is 0 Å². The zero-order valence-electron chi connectivity index (χ0n) is 10.1. The van der Waals surface area contributed by atoms with Crippen molar-refractivity contribution < 1.29 is 9.90 Å². The fourth-order valence-electron chi connectivity index (χ4n) is 2.65. The van der Waals surface area contributed by atoms with E-state index in [1.807, 2.05) is 0 Å². The first kappa shape index (κ1) is 10.7. The minimum absolute atomic E-state index is 0.204. The molecule has 1 atom stereocenters. The molecule has 2 saturated carbocycles. The van der Waals surface area contributed by atoms with E-state index >= 15 is 0 Å². The van der Waals surface area contributed by atoms with Gasteiger partial charge in [0, 0.05) is 5.92 Å². The van der Waals surface area contributed by atoms with Crippen molar-refractivity contribution in [1.82, 2.24) is 20.2 Å². The van der Waals surface area contributed by atoms with Gasteiger partial charge in [-0.15, -0.1) is 5.10 Å². The lowest BCUT2D eigenvalue weighted by Gasteiger charge is -2.37. The quantitative estimate of drug-likeness (QED) is 0.851. The highest BCUT2D eigenvalue weighted by atomic mass is 16.4. The van der Waals surface area contributed by atoms with Crippen LogP contribution in [0.3, 0.4) is 0 Å². The summed E-state index contributed by atoms with van der Waals surface area (Å²) in [6, 6.07) is 0. The zero-order chi connectivity index (χ0) is 12.3. The van der Waals surface area contributed by atoms with Crippen LogP contribution in [0.15, 0.2) is 0 Å². The number of tetrazole rings is 1. The standard InChI is InChI=1S/C11H16N4O2/c1-10(2)6-7(10)8-12-13-14-15(8)11(9(16)17)4-3-5-11/h7H,3-6H2,1-2H3,(H,16,17). The number of carbonyl (C=O) groups is 1. The van der Waals surface area contributed by atoms with Gasteiger partial charge in [-0.2, -0.15) is 0 Å². The Labute approximate surface area is 99.0 Å². The maximum Gasteiger partial charge on any atom is 0.331 e. The van der Waals surface area contributed by atoms with Gasteiger partial charge in [0.1, 0.15) is 0 Å². The highest BCUT2D eigenvalue weighted by Gasteiger charge is 2.55. The largest absolute Gasteiger partial charge is 0.479 e. The molecule has 0 spiro atoms. The summed E-state index contributed by atoms with van der Waals surface area (Å²) in [5.41, 5.74) is -0.673. The summed E-state index contributed by atoms with van der Waals surface area (Å²) in [5, 5.41) is 21.1. The number of aliphatic carboxylic acids is 1. The van der Waals surface area contributed by atoms with Gasteiger partial charge < -0.3 is 5.11 Å². The van der Waals surface area contributed by atoms with E-state index in [2.05, 4.69) is 29.4 Å². The van der Waals surface area contributed by atoms with Crippen LogP contribution in [-0.4, -0.2) is 31.3 Å². The van der Waals surface area contributed by atoms with Crippen LogP contribution in [0.25, 0.3) is 0 Å². The summed E-state index contributed by atoms with van der Waals surface area (Å²) in [5.74, 6) is 0.238. The number of carboxylic acids is 1. The monoisotopic (exact) mass is 236 g/mol. The second-order valence-electron chi connectivity index (χ2n) is 5.88. The molecular formula is C11H16N4O2. The second kappa shape index (κ2) is 3.05. The number of aromatic nitrogens is 4. The average molecular weight is 236 g/mol. The Kier molecular flexibility index (Phi) is 1.92. The summed E-state index contributed by atoms with van der Waals surface area (Å²) < 4.78 is 1.57. The lowest BCUT2D eigenvalue weighted by Crippen LogP contribution is -2.49. The van der Waals surface area contributed by atoms with E-state index in [-0.39, 0.29) is 5.41 Å². The molecule has 17 heavy (non-hydrogen) atoms. The summed E-state index contributed by atoms with van der Waals surface area (Å²) in [4.78, 5) is 11.4. The van der Waals surface area contributed by atoms with Crippen LogP contribution in [0.4, 0.5) is 0 Å². The van der Waals surface area contributed by atoms with E-state index in [1.165, 1.54) is 0 Å². The number of nitrogens with zero attached hydrogens (tertiary/aromatic N) is 4. The molecule has 1 aromatic rings. The SMILES string of the molecule is CC1(C)CC1c1nnnn1C1(C(=O)O)CCC1. The van der Waals surface area contributed by atoms with Crippen molar-refractivity contribution in [3.63, 3.8) is 0 Å². The Morgan fingerprint density at radius 1 is 1.47 bits per heavy atom. The first-order chi connectivity index (χ1) is 7.97. The predicted molar refractivity (Wildman–Crippen MR) is 58.4 cm³/mol. The lowest BCUT2D eigenvalue weighted by molar-refractivity contribution is -0.153. The molecule has 92 valence electrons. The fourth-order valence-corrected chi connectivity index (χ4v) is 2.65. The summed E-state index contributed by atoms with van der Waals surface area (Å²) in [6.07, 6.45) is 3.23. The summed E-state index contributed by atoms with van der Waals surface area (Å²) >= 11 is 0. The molecule has 1 aromatic heterocycles. The highest BCUT2D eigenvalue weighted by Crippen LogP contribution is 2.58. The van der Waals surface area contributed by atoms with Crippen molar-refractivity contribution in [1.29, 1.82) is 0 Å². The predicted octanol–water partition coefficient (Wildman–Crippen LogP) is 1.15. The van der Waals surface area contributed by atoms with Crippen LogP contribution in [0.1, 0.15) is 51.3 Å². The van der Waals surface area contributed by atoms with Gasteiger partial charge in [-0.3, -0.25) is 0 Å². The van der Waals surface area contributed by atoms with Gasteiger partial charge in [-0.1, -0.05) is 13.8 Å². The molecule has 0 radical (unpaired) electrons. The molecule has 0 amide bonds. The number of carboxylic acid groups (broad SMARTS) is 1. The normalized spacial score (nSPS) is 28.5. The van der Waals surface area contributed by atoms with Gasteiger partial charge in [0.15, 0.2) is 11.4 Å². The van der Waals surface area contributed by atoms with E-state index < -0.39 is 11.5 Å². The fraction of sp³-hybridized carbons (Fsp3) is 0.818. The van der Waals surface area contributed by atoms with Crippen LogP contribution >= 0.6 is 0 Å². The van der Waals surface area contributed by atoms with E-state index in [9.17, 15) is 9.90 Å². The van der Waals surface area contributed by atoms with Crippen molar-refractivity contribution in [2.45, 2.75) is 51.0 Å². The van der Waals surface area contributed by atoms with Gasteiger partial charge >= 0.3 is 5.97 Å². The van der Waals surface area contributed by atoms with Crippen LogP contribution in [0, 0.1) is 5.41 Å². The third-order valence-corrected chi connectivity index (χ3v) is 4.30. The van der Waals surface area contributed by atoms with Crippen molar-refractivity contribution in [2.24, 2.45) is 5.41 Å². The molecule has 2 aliphatic rings. The van der Waals surface area contributed by atoms with Crippen LogP contribution in [-0.2, 0) is 10.3 Å². The zero-order valence-corrected chi connectivity index (χ0v) is 10.1. The Morgan fingerprint density at radius 2 is 2.12 bits per heavy atom. The Morgan fingerprint density at radius 3 is 2.53 bits per heavy atom. The average Bonchev–Trinajstić information content (AvgIpc) is 2.58. The molecule has 2 aliphatic carbocycles. The minimum atomic E-state index is -0.877. The Bertz CT molecular complexity index is 476. The Hall–Kier alpha value is -1.46. The number of rotatable bonds is 3. The molecule has 0 aliphatic heterocycles. The molecule has 0 bridgehead atoms. The van der Waals surface area contributed by atoms with Crippen LogP contribution in [0.2, 0.25) is 0 Å². The molecule has 1 heterocycles. The maximum absolute atomic E-state index is 11.4. The van der Waals surface area contributed by atoms with Gasteiger partial charge in [-0.25, -0.2) is 9.48 Å². The van der Waals surface area contributed by atoms with E-state index in [0.29, 0.717) is 18.8 Å². The molecule has 6 heteroatoms. The molecule has 0 saturated heterocycles. The molecule has 0 aromatic carbocycles. The topological polar surface area (TPSA) is 80.9 Å². The van der Waals surface area contributed by atoms with Gasteiger partial charge in [0.2, 0.25) is 0 Å². The molecule has 3 rings (SSSR count). The van der Waals surface area contributed by atoms with Gasteiger partial charge in [-0.05, 0) is 41.5 Å². The van der Waals surface area contributed by atoms with E-state index in [4.69, 9.17) is 0 Å². The maximum atomic E-state index is 11.4. The third-order valence-electron chi connectivity index (χ3n) is 4.30. The van der Waals surface area contributed by atoms with Gasteiger partial charge in [0.25, 0.3) is 0 Å². The molecular weight excluding hydrogens is 220 g/mol. The molecule has 1 unspecified atom stereocenters. The summed E-state index contributed by atoms with van der Waals surface area (Å²) in [6.45, 7) is 4.32. The molecule has 6 nitrogen and oxygen atoms in total. The Balaban J connectivity index is 1.99. The van der Waals surface area contributed by atoms with Crippen molar-refractivity contribution >= 4 is 5.97 Å². The third kappa shape index (κ3) is 1.33. The van der Waals surface area contributed by atoms with E-state index in [1.54, 1.807) is 4.68 Å². The van der Waals surface area contributed by atoms with Crippen LogP contribution < -0.4 is 0 Å². The second-order valence-corrected chi connectivity index (χ2v) is 5.88.